The van der Waals surface area contributed by atoms with Crippen molar-refractivity contribution in [1.29, 1.82) is 0 Å². The van der Waals surface area contributed by atoms with Gasteiger partial charge in [-0.15, -0.1) is 0 Å². The Hall–Kier alpha value is -2.73. The number of amides is 2. The molecule has 1 fully saturated rings. The predicted octanol–water partition coefficient (Wildman–Crippen LogP) is 3.11. The van der Waals surface area contributed by atoms with Gasteiger partial charge in [-0.3, -0.25) is 9.59 Å². The van der Waals surface area contributed by atoms with Gasteiger partial charge < -0.3 is 19.4 Å². The summed E-state index contributed by atoms with van der Waals surface area (Å²) in [7, 11) is 0. The van der Waals surface area contributed by atoms with Crippen molar-refractivity contribution in [2.24, 2.45) is 0 Å². The number of ether oxygens (including phenoxy) is 1. The van der Waals surface area contributed by atoms with Crippen LogP contribution in [0.15, 0.2) is 42.5 Å². The first-order valence-electron chi connectivity index (χ1n) is 9.83. The number of hydrogen-bond donors (Lipinski definition) is 0. The molecule has 1 saturated heterocycles. The highest BCUT2D eigenvalue weighted by atomic mass is 35.5. The molecule has 0 saturated carbocycles. The van der Waals surface area contributed by atoms with Crippen LogP contribution in [0.3, 0.4) is 0 Å². The Balaban J connectivity index is 1.34. The van der Waals surface area contributed by atoms with Gasteiger partial charge in [-0.2, -0.15) is 0 Å². The van der Waals surface area contributed by atoms with Crippen LogP contribution in [-0.4, -0.2) is 56.0 Å². The summed E-state index contributed by atoms with van der Waals surface area (Å²) in [5.74, 6) is 0.656. The summed E-state index contributed by atoms with van der Waals surface area (Å²) in [5, 5.41) is 0.715. The zero-order valence-electron chi connectivity index (χ0n) is 16.4. The van der Waals surface area contributed by atoms with E-state index in [1.807, 2.05) is 54.3 Å². The Kier molecular flexibility index (Phi) is 5.62. The van der Waals surface area contributed by atoms with Crippen molar-refractivity contribution in [2.75, 3.05) is 49.1 Å². The molecule has 0 aliphatic carbocycles. The standard InChI is InChI=1S/C22H24ClN3O3/c1-16-5-6-20-19(13-16)26(22(28)15-29-20)8-7-21(27)25-11-9-24(10-12-25)18-4-2-3-17(23)14-18/h2-6,13-14H,7-12,15H2,1H3. The number of fused-ring (bicyclic) bond motifs is 1. The van der Waals surface area contributed by atoms with E-state index in [-0.39, 0.29) is 18.4 Å². The van der Waals surface area contributed by atoms with Crippen LogP contribution in [-0.2, 0) is 9.59 Å². The number of halogens is 1. The van der Waals surface area contributed by atoms with Crippen molar-refractivity contribution in [3.05, 3.63) is 53.1 Å². The van der Waals surface area contributed by atoms with Gasteiger partial charge in [-0.05, 0) is 42.8 Å². The first-order valence-corrected chi connectivity index (χ1v) is 10.2. The molecular formula is C22H24ClN3O3. The third kappa shape index (κ3) is 4.32. The summed E-state index contributed by atoms with van der Waals surface area (Å²) in [6.45, 7) is 5.22. The molecule has 152 valence electrons. The van der Waals surface area contributed by atoms with E-state index in [1.54, 1.807) is 4.90 Å². The maximum absolute atomic E-state index is 12.7. The van der Waals surface area contributed by atoms with E-state index in [1.165, 1.54) is 0 Å². The molecule has 0 unspecified atom stereocenters. The van der Waals surface area contributed by atoms with Crippen LogP contribution in [0.4, 0.5) is 11.4 Å². The van der Waals surface area contributed by atoms with Crippen LogP contribution in [0, 0.1) is 6.92 Å². The van der Waals surface area contributed by atoms with Gasteiger partial charge in [0.1, 0.15) is 5.75 Å². The van der Waals surface area contributed by atoms with E-state index < -0.39 is 0 Å². The van der Waals surface area contributed by atoms with Crippen molar-refractivity contribution in [1.82, 2.24) is 4.90 Å². The summed E-state index contributed by atoms with van der Waals surface area (Å²) in [6.07, 6.45) is 0.302. The first kappa shape index (κ1) is 19.6. The molecule has 0 atom stereocenters. The molecule has 6 nitrogen and oxygen atoms in total. The molecule has 0 bridgehead atoms. The van der Waals surface area contributed by atoms with Crippen molar-refractivity contribution in [2.45, 2.75) is 13.3 Å². The van der Waals surface area contributed by atoms with E-state index in [0.29, 0.717) is 36.8 Å². The lowest BCUT2D eigenvalue weighted by atomic mass is 10.1. The number of carbonyl (C=O) groups is 2. The maximum Gasteiger partial charge on any atom is 0.265 e. The van der Waals surface area contributed by atoms with Gasteiger partial charge >= 0.3 is 0 Å². The molecule has 2 aliphatic rings. The zero-order chi connectivity index (χ0) is 20.4. The highest BCUT2D eigenvalue weighted by Crippen LogP contribution is 2.33. The molecular weight excluding hydrogens is 390 g/mol. The van der Waals surface area contributed by atoms with Crippen molar-refractivity contribution < 1.29 is 14.3 Å². The average molecular weight is 414 g/mol. The molecule has 2 aliphatic heterocycles. The minimum atomic E-state index is -0.110. The molecule has 2 amide bonds. The fourth-order valence-electron chi connectivity index (χ4n) is 3.81. The Bertz CT molecular complexity index is 925. The summed E-state index contributed by atoms with van der Waals surface area (Å²) in [5.41, 5.74) is 2.88. The number of rotatable bonds is 4. The van der Waals surface area contributed by atoms with Gasteiger partial charge in [-0.1, -0.05) is 23.7 Å². The largest absolute Gasteiger partial charge is 0.482 e. The number of piperazine rings is 1. The Labute approximate surface area is 175 Å². The highest BCUT2D eigenvalue weighted by Gasteiger charge is 2.27. The van der Waals surface area contributed by atoms with Crippen LogP contribution in [0.25, 0.3) is 0 Å². The highest BCUT2D eigenvalue weighted by molar-refractivity contribution is 6.30. The zero-order valence-corrected chi connectivity index (χ0v) is 17.2. The van der Waals surface area contributed by atoms with Crippen LogP contribution in [0.1, 0.15) is 12.0 Å². The molecule has 2 aromatic rings. The van der Waals surface area contributed by atoms with Crippen molar-refractivity contribution in [3.8, 4) is 5.75 Å². The summed E-state index contributed by atoms with van der Waals surface area (Å²) >= 11 is 6.08. The average Bonchev–Trinajstić information content (AvgIpc) is 2.73. The number of hydrogen-bond acceptors (Lipinski definition) is 4. The summed E-state index contributed by atoms with van der Waals surface area (Å²) in [6, 6.07) is 13.5. The van der Waals surface area contributed by atoms with Crippen LogP contribution in [0.5, 0.6) is 5.75 Å². The van der Waals surface area contributed by atoms with Gasteiger partial charge in [-0.25, -0.2) is 0 Å². The van der Waals surface area contributed by atoms with Crippen LogP contribution >= 0.6 is 11.6 Å². The predicted molar refractivity (Wildman–Crippen MR) is 114 cm³/mol. The van der Waals surface area contributed by atoms with Gasteiger partial charge in [0, 0.05) is 49.9 Å². The fraction of sp³-hybridized carbons (Fsp3) is 0.364. The van der Waals surface area contributed by atoms with Gasteiger partial charge in [0.15, 0.2) is 6.61 Å². The van der Waals surface area contributed by atoms with E-state index in [4.69, 9.17) is 16.3 Å². The van der Waals surface area contributed by atoms with E-state index in [2.05, 4.69) is 4.90 Å². The Morgan fingerprint density at radius 1 is 1.10 bits per heavy atom. The van der Waals surface area contributed by atoms with Gasteiger partial charge in [0.05, 0.1) is 5.69 Å². The molecule has 4 rings (SSSR count). The second kappa shape index (κ2) is 8.33. The molecule has 2 aromatic carbocycles. The molecule has 0 spiro atoms. The topological polar surface area (TPSA) is 53.1 Å². The molecule has 0 radical (unpaired) electrons. The molecule has 2 heterocycles. The maximum atomic E-state index is 12.7. The number of aryl methyl sites for hydroxylation is 1. The van der Waals surface area contributed by atoms with Crippen molar-refractivity contribution >= 4 is 34.8 Å². The Morgan fingerprint density at radius 2 is 1.90 bits per heavy atom. The fourth-order valence-corrected chi connectivity index (χ4v) is 3.99. The van der Waals surface area contributed by atoms with E-state index in [9.17, 15) is 9.59 Å². The summed E-state index contributed by atoms with van der Waals surface area (Å²) < 4.78 is 5.50. The van der Waals surface area contributed by atoms with Gasteiger partial charge in [0.2, 0.25) is 5.91 Å². The number of carbonyl (C=O) groups excluding carboxylic acids is 2. The molecule has 29 heavy (non-hydrogen) atoms. The quantitative estimate of drug-likeness (QED) is 0.772. The smallest absolute Gasteiger partial charge is 0.265 e. The monoisotopic (exact) mass is 413 g/mol. The minimum absolute atomic E-state index is 0.0164. The molecule has 0 aromatic heterocycles. The Morgan fingerprint density at radius 3 is 2.66 bits per heavy atom. The second-order valence-electron chi connectivity index (χ2n) is 7.40. The number of nitrogens with zero attached hydrogens (tertiary/aromatic N) is 3. The van der Waals surface area contributed by atoms with Gasteiger partial charge in [0.25, 0.3) is 5.91 Å². The van der Waals surface area contributed by atoms with E-state index >= 15 is 0 Å². The molecule has 0 N–H and O–H groups in total. The SMILES string of the molecule is Cc1ccc2c(c1)N(CCC(=O)N1CCN(c3cccc(Cl)c3)CC1)C(=O)CO2. The third-order valence-electron chi connectivity index (χ3n) is 5.41. The van der Waals surface area contributed by atoms with Crippen molar-refractivity contribution in [3.63, 3.8) is 0 Å². The van der Waals surface area contributed by atoms with Crippen LogP contribution < -0.4 is 14.5 Å². The minimum Gasteiger partial charge on any atom is -0.482 e. The lowest BCUT2D eigenvalue weighted by Gasteiger charge is -2.36. The lowest BCUT2D eigenvalue weighted by Crippen LogP contribution is -2.49. The molecule has 7 heteroatoms. The second-order valence-corrected chi connectivity index (χ2v) is 7.84. The normalized spacial score (nSPS) is 16.5. The number of anilines is 2. The number of benzene rings is 2. The summed E-state index contributed by atoms with van der Waals surface area (Å²) in [4.78, 5) is 30.9. The third-order valence-corrected chi connectivity index (χ3v) is 5.65. The van der Waals surface area contributed by atoms with E-state index in [0.717, 1.165) is 30.0 Å². The first-order chi connectivity index (χ1) is 14.0. The van der Waals surface area contributed by atoms with Crippen LogP contribution in [0.2, 0.25) is 5.02 Å². The lowest BCUT2D eigenvalue weighted by molar-refractivity contribution is -0.131.